The van der Waals surface area contributed by atoms with Crippen LogP contribution in [0.3, 0.4) is 0 Å². The van der Waals surface area contributed by atoms with Gasteiger partial charge in [0.25, 0.3) is 0 Å². The third kappa shape index (κ3) is 2.81. The van der Waals surface area contributed by atoms with E-state index >= 15 is 0 Å². The van der Waals surface area contributed by atoms with E-state index in [9.17, 15) is 9.90 Å². The summed E-state index contributed by atoms with van der Waals surface area (Å²) in [4.78, 5) is 11.8. The Bertz CT molecular complexity index is 328. The largest absolute Gasteiger partial charge is 0.469 e. The number of carbonyl (C=O) groups excluding carboxylic acids is 1. The van der Waals surface area contributed by atoms with Gasteiger partial charge >= 0.3 is 5.97 Å². The van der Waals surface area contributed by atoms with E-state index in [1.54, 1.807) is 0 Å². The normalized spacial score (nSPS) is 44.3. The summed E-state index contributed by atoms with van der Waals surface area (Å²) in [6.45, 7) is 6.52. The van der Waals surface area contributed by atoms with Crippen LogP contribution in [0.25, 0.3) is 0 Å². The molecule has 7 atom stereocenters. The number of methoxy groups -OCH3 is 1. The smallest absolute Gasteiger partial charge is 0.308 e. The molecule has 110 valence electrons. The van der Waals surface area contributed by atoms with Crippen LogP contribution in [0.1, 0.15) is 46.5 Å². The molecule has 0 spiro atoms. The lowest BCUT2D eigenvalue weighted by molar-refractivity contribution is -0.147. The van der Waals surface area contributed by atoms with E-state index in [0.29, 0.717) is 29.6 Å². The van der Waals surface area contributed by atoms with Gasteiger partial charge in [0, 0.05) is 0 Å². The van der Waals surface area contributed by atoms with Gasteiger partial charge < -0.3 is 9.84 Å². The number of aliphatic hydroxyl groups excluding tert-OH is 1. The fourth-order valence-electron chi connectivity index (χ4n) is 4.54. The first-order valence-corrected chi connectivity index (χ1v) is 7.71. The van der Waals surface area contributed by atoms with Gasteiger partial charge in [-0.2, -0.15) is 0 Å². The molecule has 1 N–H and O–H groups in total. The second-order valence-electron chi connectivity index (χ2n) is 6.88. The number of aliphatic hydroxyl groups is 1. The monoisotopic (exact) mass is 268 g/mol. The van der Waals surface area contributed by atoms with Crippen molar-refractivity contribution < 1.29 is 14.6 Å². The second kappa shape index (κ2) is 5.82. The van der Waals surface area contributed by atoms with E-state index < -0.39 is 0 Å². The van der Waals surface area contributed by atoms with Crippen molar-refractivity contribution in [1.29, 1.82) is 0 Å². The SMILES string of the molecule is COC(=O)C(C)[C@H]1CC[C@H](C)[C@H]2[C@@H](C1)[C@@H](C)C[C@H]2O. The summed E-state index contributed by atoms with van der Waals surface area (Å²) < 4.78 is 4.90. The second-order valence-corrected chi connectivity index (χ2v) is 6.88. The predicted molar refractivity (Wildman–Crippen MR) is 74.5 cm³/mol. The summed E-state index contributed by atoms with van der Waals surface area (Å²) in [6, 6.07) is 0. The summed E-state index contributed by atoms with van der Waals surface area (Å²) in [5, 5.41) is 10.3. The van der Waals surface area contributed by atoms with Crippen molar-refractivity contribution in [1.82, 2.24) is 0 Å². The fraction of sp³-hybridized carbons (Fsp3) is 0.938. The number of hydrogen-bond donors (Lipinski definition) is 1. The highest BCUT2D eigenvalue weighted by molar-refractivity contribution is 5.72. The van der Waals surface area contributed by atoms with Gasteiger partial charge in [-0.05, 0) is 48.9 Å². The number of hydrogen-bond acceptors (Lipinski definition) is 3. The van der Waals surface area contributed by atoms with Crippen LogP contribution in [0.15, 0.2) is 0 Å². The van der Waals surface area contributed by atoms with Crippen LogP contribution >= 0.6 is 0 Å². The zero-order chi connectivity index (χ0) is 14.2. The Kier molecular flexibility index (Phi) is 4.54. The van der Waals surface area contributed by atoms with Crippen molar-refractivity contribution in [3.05, 3.63) is 0 Å². The summed E-state index contributed by atoms with van der Waals surface area (Å²) in [6.07, 6.45) is 4.07. The maximum atomic E-state index is 11.8. The molecule has 0 heterocycles. The molecule has 0 aromatic heterocycles. The highest BCUT2D eigenvalue weighted by atomic mass is 16.5. The molecule has 1 unspecified atom stereocenters. The topological polar surface area (TPSA) is 46.5 Å². The number of fused-ring (bicyclic) bond motifs is 1. The maximum Gasteiger partial charge on any atom is 0.308 e. The Morgan fingerprint density at radius 1 is 1.21 bits per heavy atom. The number of esters is 1. The van der Waals surface area contributed by atoms with Crippen molar-refractivity contribution in [2.45, 2.75) is 52.6 Å². The fourth-order valence-corrected chi connectivity index (χ4v) is 4.54. The molecule has 0 saturated heterocycles. The lowest BCUT2D eigenvalue weighted by Crippen LogP contribution is -2.27. The Morgan fingerprint density at radius 3 is 2.53 bits per heavy atom. The molecule has 0 bridgehead atoms. The number of rotatable bonds is 2. The van der Waals surface area contributed by atoms with Crippen LogP contribution in [0.5, 0.6) is 0 Å². The van der Waals surface area contributed by atoms with E-state index in [1.165, 1.54) is 7.11 Å². The van der Waals surface area contributed by atoms with Crippen molar-refractivity contribution in [3.63, 3.8) is 0 Å². The molecular weight excluding hydrogens is 240 g/mol. The lowest BCUT2D eigenvalue weighted by atomic mass is 9.78. The summed E-state index contributed by atoms with van der Waals surface area (Å²) in [5.41, 5.74) is 0. The van der Waals surface area contributed by atoms with Crippen LogP contribution in [-0.2, 0) is 9.53 Å². The van der Waals surface area contributed by atoms with Crippen LogP contribution in [0, 0.1) is 35.5 Å². The minimum Gasteiger partial charge on any atom is -0.469 e. The Balaban J connectivity index is 2.13. The quantitative estimate of drug-likeness (QED) is 0.783. The van der Waals surface area contributed by atoms with Gasteiger partial charge in [-0.15, -0.1) is 0 Å². The molecule has 0 radical (unpaired) electrons. The zero-order valence-electron chi connectivity index (χ0n) is 12.6. The Labute approximate surface area is 116 Å². The van der Waals surface area contributed by atoms with Crippen LogP contribution < -0.4 is 0 Å². The molecule has 0 aromatic rings. The molecule has 0 amide bonds. The molecule has 2 aliphatic carbocycles. The van der Waals surface area contributed by atoms with Gasteiger partial charge in [-0.3, -0.25) is 4.79 Å². The highest BCUT2D eigenvalue weighted by Gasteiger charge is 2.46. The molecule has 2 fully saturated rings. The first-order valence-electron chi connectivity index (χ1n) is 7.71. The first-order chi connectivity index (χ1) is 8.95. The molecule has 0 aliphatic heterocycles. The Morgan fingerprint density at radius 2 is 1.89 bits per heavy atom. The van der Waals surface area contributed by atoms with Gasteiger partial charge in [-0.25, -0.2) is 0 Å². The summed E-state index contributed by atoms with van der Waals surface area (Å²) >= 11 is 0. The van der Waals surface area contributed by atoms with Crippen molar-refractivity contribution in [3.8, 4) is 0 Å². The predicted octanol–water partition coefficient (Wildman–Crippen LogP) is 2.86. The van der Waals surface area contributed by atoms with Crippen LogP contribution in [0.2, 0.25) is 0 Å². The lowest BCUT2D eigenvalue weighted by Gasteiger charge is -2.28. The van der Waals surface area contributed by atoms with Crippen LogP contribution in [-0.4, -0.2) is 24.3 Å². The van der Waals surface area contributed by atoms with E-state index in [2.05, 4.69) is 13.8 Å². The molecule has 3 heteroatoms. The van der Waals surface area contributed by atoms with Crippen molar-refractivity contribution >= 4 is 5.97 Å². The average molecular weight is 268 g/mol. The van der Waals surface area contributed by atoms with Gasteiger partial charge in [0.2, 0.25) is 0 Å². The Hall–Kier alpha value is -0.570. The third-order valence-electron chi connectivity index (χ3n) is 5.79. The van der Waals surface area contributed by atoms with E-state index in [-0.39, 0.29) is 18.0 Å². The maximum absolute atomic E-state index is 11.8. The van der Waals surface area contributed by atoms with Crippen molar-refractivity contribution in [2.75, 3.05) is 7.11 Å². The van der Waals surface area contributed by atoms with E-state index in [4.69, 9.17) is 4.74 Å². The van der Waals surface area contributed by atoms with E-state index in [1.807, 2.05) is 6.92 Å². The average Bonchev–Trinajstić information content (AvgIpc) is 2.56. The molecule has 2 aliphatic rings. The van der Waals surface area contributed by atoms with Gasteiger partial charge in [0.05, 0.1) is 19.1 Å². The van der Waals surface area contributed by atoms with E-state index in [0.717, 1.165) is 25.7 Å². The highest BCUT2D eigenvalue weighted by Crippen LogP contribution is 2.49. The molecule has 2 rings (SSSR count). The summed E-state index contributed by atoms with van der Waals surface area (Å²) in [7, 11) is 1.48. The molecular formula is C16H28O3. The molecule has 19 heavy (non-hydrogen) atoms. The van der Waals surface area contributed by atoms with Gasteiger partial charge in [0.1, 0.15) is 0 Å². The molecule has 0 aromatic carbocycles. The first kappa shape index (κ1) is 14.8. The minimum absolute atomic E-state index is 0.0131. The number of carbonyl (C=O) groups is 1. The minimum atomic E-state index is -0.137. The standard InChI is InChI=1S/C16H28O3/c1-9-5-6-12(11(3)16(18)19-4)8-13-10(2)7-14(17)15(9)13/h9-15,17H,5-8H2,1-4H3/t9-,10-,11?,12-,13-,14+,15-/m0/s1. The number of ether oxygens (including phenoxy) is 1. The van der Waals surface area contributed by atoms with Crippen molar-refractivity contribution in [2.24, 2.45) is 35.5 Å². The zero-order valence-corrected chi connectivity index (χ0v) is 12.6. The molecule has 2 saturated carbocycles. The van der Waals surface area contributed by atoms with Gasteiger partial charge in [-0.1, -0.05) is 27.2 Å². The third-order valence-corrected chi connectivity index (χ3v) is 5.79. The van der Waals surface area contributed by atoms with Gasteiger partial charge in [0.15, 0.2) is 0 Å². The van der Waals surface area contributed by atoms with Crippen LogP contribution in [0.4, 0.5) is 0 Å². The summed E-state index contributed by atoms with van der Waals surface area (Å²) in [5.74, 6) is 2.47. The molecule has 3 nitrogen and oxygen atoms in total.